The molecule has 11 heteroatoms. The number of carbonyl (C=O) groups is 1. The van der Waals surface area contributed by atoms with Crippen LogP contribution >= 0.6 is 11.3 Å². The molecular weight excluding hydrogens is 390 g/mol. The van der Waals surface area contributed by atoms with Crippen LogP contribution in [0.5, 0.6) is 0 Å². The molecule has 10 nitrogen and oxygen atoms in total. The molecule has 5 aromatic heterocycles. The topological polar surface area (TPSA) is 124 Å². The first-order valence-corrected chi connectivity index (χ1v) is 9.31. The first kappa shape index (κ1) is 17.0. The second-order valence-electron chi connectivity index (χ2n) is 5.85. The SMILES string of the molecule is O=C(Nc1nc(-c2ccc3ccncc3n2)cs1)c1cnnn1-c1cnccn1. The van der Waals surface area contributed by atoms with Gasteiger partial charge in [0.15, 0.2) is 16.6 Å². The zero-order chi connectivity index (χ0) is 19.6. The van der Waals surface area contributed by atoms with Crippen LogP contribution in [0.2, 0.25) is 0 Å². The number of nitrogens with one attached hydrogen (secondary N) is 1. The molecule has 0 aliphatic rings. The molecule has 0 bridgehead atoms. The molecule has 0 aliphatic heterocycles. The van der Waals surface area contributed by atoms with Gasteiger partial charge in [-0.2, -0.15) is 4.68 Å². The van der Waals surface area contributed by atoms with Crippen LogP contribution in [0.25, 0.3) is 28.1 Å². The fraction of sp³-hybridized carbons (Fsp3) is 0. The molecule has 5 heterocycles. The van der Waals surface area contributed by atoms with E-state index >= 15 is 0 Å². The maximum absolute atomic E-state index is 12.7. The summed E-state index contributed by atoms with van der Waals surface area (Å²) in [5.74, 6) is -0.0128. The summed E-state index contributed by atoms with van der Waals surface area (Å²) in [5.41, 5.74) is 2.37. The standard InChI is InChI=1S/C18H11N9OS/c28-17(15-8-22-26-27(15)16-9-20-5-6-21-16)25-18-24-14(10-29-18)12-2-1-11-3-4-19-7-13(11)23-12/h1-10H,(H,24,25,28). The number of hydrogen-bond donors (Lipinski definition) is 1. The number of hydrogen-bond acceptors (Lipinski definition) is 9. The zero-order valence-corrected chi connectivity index (χ0v) is 15.5. The third-order valence-electron chi connectivity index (χ3n) is 4.03. The largest absolute Gasteiger partial charge is 0.296 e. The van der Waals surface area contributed by atoms with Gasteiger partial charge in [-0.3, -0.25) is 20.1 Å². The van der Waals surface area contributed by atoms with Crippen molar-refractivity contribution in [3.05, 3.63) is 66.5 Å². The Kier molecular flexibility index (Phi) is 4.18. The van der Waals surface area contributed by atoms with Crippen LogP contribution in [-0.2, 0) is 0 Å². The average molecular weight is 401 g/mol. The van der Waals surface area contributed by atoms with Gasteiger partial charge < -0.3 is 0 Å². The van der Waals surface area contributed by atoms with Crippen molar-refractivity contribution in [3.8, 4) is 17.2 Å². The van der Waals surface area contributed by atoms with Gasteiger partial charge >= 0.3 is 0 Å². The fourth-order valence-corrected chi connectivity index (χ4v) is 3.38. The van der Waals surface area contributed by atoms with Gasteiger partial charge in [0.25, 0.3) is 5.91 Å². The molecule has 5 aromatic rings. The molecule has 0 unspecified atom stereocenters. The minimum Gasteiger partial charge on any atom is -0.296 e. The number of carbonyl (C=O) groups excluding carboxylic acids is 1. The van der Waals surface area contributed by atoms with Crippen molar-refractivity contribution in [2.45, 2.75) is 0 Å². The van der Waals surface area contributed by atoms with E-state index in [0.717, 1.165) is 10.9 Å². The molecule has 0 saturated heterocycles. The number of rotatable bonds is 4. The minimum atomic E-state index is -0.405. The number of amides is 1. The fourth-order valence-electron chi connectivity index (χ4n) is 2.68. The van der Waals surface area contributed by atoms with Crippen LogP contribution in [-0.4, -0.2) is 45.8 Å². The van der Waals surface area contributed by atoms with Crippen molar-refractivity contribution < 1.29 is 4.79 Å². The maximum atomic E-state index is 12.7. The smallest absolute Gasteiger partial charge is 0.277 e. The van der Waals surface area contributed by atoms with Crippen LogP contribution in [0.3, 0.4) is 0 Å². The molecule has 0 aliphatic carbocycles. The molecule has 140 valence electrons. The number of nitrogens with zero attached hydrogens (tertiary/aromatic N) is 8. The van der Waals surface area contributed by atoms with Gasteiger partial charge in [-0.05, 0) is 12.1 Å². The summed E-state index contributed by atoms with van der Waals surface area (Å²) < 4.78 is 1.31. The van der Waals surface area contributed by atoms with Crippen LogP contribution in [0, 0.1) is 0 Å². The first-order chi connectivity index (χ1) is 14.3. The molecule has 1 amide bonds. The summed E-state index contributed by atoms with van der Waals surface area (Å²) in [6.07, 6.45) is 9.32. The lowest BCUT2D eigenvalue weighted by atomic mass is 10.2. The Balaban J connectivity index is 1.39. The van der Waals surface area contributed by atoms with Gasteiger partial charge in [0.1, 0.15) is 5.69 Å². The molecule has 0 radical (unpaired) electrons. The predicted molar refractivity (Wildman–Crippen MR) is 106 cm³/mol. The number of pyridine rings is 2. The molecule has 0 atom stereocenters. The van der Waals surface area contributed by atoms with Gasteiger partial charge in [0.2, 0.25) is 0 Å². The second-order valence-corrected chi connectivity index (χ2v) is 6.71. The third kappa shape index (κ3) is 3.30. The Labute approximate surface area is 167 Å². The van der Waals surface area contributed by atoms with E-state index in [1.54, 1.807) is 12.4 Å². The molecule has 5 rings (SSSR count). The van der Waals surface area contributed by atoms with E-state index in [1.165, 1.54) is 40.8 Å². The molecule has 29 heavy (non-hydrogen) atoms. The van der Waals surface area contributed by atoms with Gasteiger partial charge in [0, 0.05) is 29.4 Å². The van der Waals surface area contributed by atoms with Gasteiger partial charge in [-0.25, -0.2) is 15.0 Å². The Morgan fingerprint density at radius 2 is 1.90 bits per heavy atom. The van der Waals surface area contributed by atoms with Gasteiger partial charge in [-0.1, -0.05) is 11.3 Å². The molecule has 0 fully saturated rings. The van der Waals surface area contributed by atoms with Gasteiger partial charge in [0.05, 0.1) is 29.8 Å². The lowest BCUT2D eigenvalue weighted by molar-refractivity contribution is 0.101. The van der Waals surface area contributed by atoms with E-state index in [0.29, 0.717) is 22.3 Å². The average Bonchev–Trinajstić information content (AvgIpc) is 3.44. The summed E-state index contributed by atoms with van der Waals surface area (Å²) in [6.45, 7) is 0. The highest BCUT2D eigenvalue weighted by Gasteiger charge is 2.17. The highest BCUT2D eigenvalue weighted by atomic mass is 32.1. The number of aromatic nitrogens is 8. The van der Waals surface area contributed by atoms with E-state index in [2.05, 4.69) is 40.5 Å². The Morgan fingerprint density at radius 1 is 0.966 bits per heavy atom. The first-order valence-electron chi connectivity index (χ1n) is 8.43. The summed E-state index contributed by atoms with van der Waals surface area (Å²) in [4.78, 5) is 33.9. The molecule has 0 saturated carbocycles. The monoisotopic (exact) mass is 401 g/mol. The third-order valence-corrected chi connectivity index (χ3v) is 4.79. The van der Waals surface area contributed by atoms with E-state index < -0.39 is 5.91 Å². The zero-order valence-electron chi connectivity index (χ0n) is 14.7. The lowest BCUT2D eigenvalue weighted by Crippen LogP contribution is -2.17. The second kappa shape index (κ2) is 7.13. The van der Waals surface area contributed by atoms with E-state index in [-0.39, 0.29) is 5.69 Å². The Morgan fingerprint density at radius 3 is 2.79 bits per heavy atom. The molecular formula is C18H11N9OS. The number of thiazole rings is 1. The molecule has 0 spiro atoms. The van der Waals surface area contributed by atoms with Gasteiger partial charge in [-0.15, -0.1) is 16.4 Å². The maximum Gasteiger partial charge on any atom is 0.277 e. The van der Waals surface area contributed by atoms with Crippen molar-refractivity contribution >= 4 is 33.3 Å². The van der Waals surface area contributed by atoms with E-state index in [9.17, 15) is 4.79 Å². The lowest BCUT2D eigenvalue weighted by Gasteiger charge is -2.04. The predicted octanol–water partition coefficient (Wildman–Crippen LogP) is 2.38. The minimum absolute atomic E-state index is 0.220. The molecule has 0 aromatic carbocycles. The van der Waals surface area contributed by atoms with Crippen LogP contribution in [0.15, 0.2) is 60.8 Å². The van der Waals surface area contributed by atoms with Crippen molar-refractivity contribution in [2.24, 2.45) is 0 Å². The van der Waals surface area contributed by atoms with Crippen LogP contribution in [0.1, 0.15) is 10.5 Å². The van der Waals surface area contributed by atoms with E-state index in [4.69, 9.17) is 0 Å². The van der Waals surface area contributed by atoms with E-state index in [1.807, 2.05) is 23.6 Å². The quantitative estimate of drug-likeness (QED) is 0.487. The van der Waals surface area contributed by atoms with Crippen LogP contribution < -0.4 is 5.32 Å². The summed E-state index contributed by atoms with van der Waals surface area (Å²) in [5, 5.41) is 13.7. The summed E-state index contributed by atoms with van der Waals surface area (Å²) >= 11 is 1.30. The Hall–Kier alpha value is -4.12. The summed E-state index contributed by atoms with van der Waals surface area (Å²) in [7, 11) is 0. The summed E-state index contributed by atoms with van der Waals surface area (Å²) in [6, 6.07) is 5.74. The van der Waals surface area contributed by atoms with Crippen molar-refractivity contribution in [3.63, 3.8) is 0 Å². The van der Waals surface area contributed by atoms with Crippen LogP contribution in [0.4, 0.5) is 5.13 Å². The highest BCUT2D eigenvalue weighted by molar-refractivity contribution is 7.14. The van der Waals surface area contributed by atoms with Crippen molar-refractivity contribution in [1.82, 2.24) is 39.9 Å². The number of anilines is 1. The highest BCUT2D eigenvalue weighted by Crippen LogP contribution is 2.25. The van der Waals surface area contributed by atoms with Crippen molar-refractivity contribution in [1.29, 1.82) is 0 Å². The van der Waals surface area contributed by atoms with Crippen molar-refractivity contribution in [2.75, 3.05) is 5.32 Å². The Bertz CT molecular complexity index is 1320. The normalized spacial score (nSPS) is 10.9. The number of fused-ring (bicyclic) bond motifs is 1. The molecule has 1 N–H and O–H groups in total.